The third-order valence-corrected chi connectivity index (χ3v) is 5.39. The largest absolute Gasteiger partial charge is 0.445 e. The SMILES string of the molecule is CCC(c1ccc(Br)cc1)N1CCN(C(=O)OCc2ccccc2)CC1. The van der Waals surface area contributed by atoms with Crippen molar-refractivity contribution in [1.29, 1.82) is 0 Å². The van der Waals surface area contributed by atoms with Gasteiger partial charge >= 0.3 is 6.09 Å². The molecule has 0 aromatic heterocycles. The van der Waals surface area contributed by atoms with Crippen molar-refractivity contribution >= 4 is 22.0 Å². The summed E-state index contributed by atoms with van der Waals surface area (Å²) in [5.74, 6) is 0. The molecular weight excluding hydrogens is 392 g/mol. The van der Waals surface area contributed by atoms with Crippen molar-refractivity contribution in [2.75, 3.05) is 26.2 Å². The minimum absolute atomic E-state index is 0.217. The first-order valence-electron chi connectivity index (χ1n) is 9.12. The first kappa shape index (κ1) is 18.9. The summed E-state index contributed by atoms with van der Waals surface area (Å²) in [6.45, 7) is 5.70. The third kappa shape index (κ3) is 4.86. The predicted octanol–water partition coefficient (Wildman–Crippen LogP) is 4.85. The fraction of sp³-hybridized carbons (Fsp3) is 0.381. The number of hydrogen-bond donors (Lipinski definition) is 0. The minimum Gasteiger partial charge on any atom is -0.445 e. The van der Waals surface area contributed by atoms with Crippen molar-refractivity contribution in [2.45, 2.75) is 26.0 Å². The Hall–Kier alpha value is -1.85. The number of halogens is 1. The van der Waals surface area contributed by atoms with Crippen molar-refractivity contribution in [3.8, 4) is 0 Å². The van der Waals surface area contributed by atoms with E-state index in [1.165, 1.54) is 5.56 Å². The molecule has 0 aliphatic carbocycles. The molecule has 5 heteroatoms. The molecule has 0 spiro atoms. The summed E-state index contributed by atoms with van der Waals surface area (Å²) >= 11 is 3.50. The summed E-state index contributed by atoms with van der Waals surface area (Å²) in [5.41, 5.74) is 2.34. The van der Waals surface area contributed by atoms with Gasteiger partial charge in [0.1, 0.15) is 6.61 Å². The molecule has 4 nitrogen and oxygen atoms in total. The number of rotatable bonds is 5. The van der Waals surface area contributed by atoms with Crippen LogP contribution in [0.1, 0.15) is 30.5 Å². The second-order valence-electron chi connectivity index (χ2n) is 6.54. The number of nitrogens with zero attached hydrogens (tertiary/aromatic N) is 2. The van der Waals surface area contributed by atoms with E-state index >= 15 is 0 Å². The van der Waals surface area contributed by atoms with Gasteiger partial charge in [0.2, 0.25) is 0 Å². The number of hydrogen-bond acceptors (Lipinski definition) is 3. The van der Waals surface area contributed by atoms with E-state index in [4.69, 9.17) is 4.74 Å². The van der Waals surface area contributed by atoms with E-state index in [1.807, 2.05) is 35.2 Å². The number of carbonyl (C=O) groups excluding carboxylic acids is 1. The van der Waals surface area contributed by atoms with Gasteiger partial charge in [0.15, 0.2) is 0 Å². The van der Waals surface area contributed by atoms with Gasteiger partial charge in [-0.15, -0.1) is 0 Å². The highest BCUT2D eigenvalue weighted by molar-refractivity contribution is 9.10. The van der Waals surface area contributed by atoms with Gasteiger partial charge in [0.25, 0.3) is 0 Å². The van der Waals surface area contributed by atoms with Gasteiger partial charge in [-0.2, -0.15) is 0 Å². The molecule has 1 fully saturated rings. The van der Waals surface area contributed by atoms with Gasteiger partial charge in [0.05, 0.1) is 0 Å². The second kappa shape index (κ2) is 9.19. The molecule has 1 unspecified atom stereocenters. The highest BCUT2D eigenvalue weighted by Gasteiger charge is 2.26. The highest BCUT2D eigenvalue weighted by atomic mass is 79.9. The third-order valence-electron chi connectivity index (χ3n) is 4.86. The van der Waals surface area contributed by atoms with Crippen LogP contribution < -0.4 is 0 Å². The van der Waals surface area contributed by atoms with Crippen molar-refractivity contribution in [1.82, 2.24) is 9.80 Å². The Labute approximate surface area is 163 Å². The quantitative estimate of drug-likeness (QED) is 0.697. The lowest BCUT2D eigenvalue weighted by molar-refractivity contribution is 0.0588. The fourth-order valence-electron chi connectivity index (χ4n) is 3.42. The van der Waals surface area contributed by atoms with Crippen molar-refractivity contribution in [3.05, 3.63) is 70.2 Å². The van der Waals surface area contributed by atoms with Gasteiger partial charge in [-0.1, -0.05) is 65.3 Å². The molecule has 3 rings (SSSR count). The van der Waals surface area contributed by atoms with E-state index in [0.29, 0.717) is 25.7 Å². The fourth-order valence-corrected chi connectivity index (χ4v) is 3.68. The zero-order valence-corrected chi connectivity index (χ0v) is 16.7. The van der Waals surface area contributed by atoms with Gasteiger partial charge in [-0.25, -0.2) is 4.79 Å². The summed E-state index contributed by atoms with van der Waals surface area (Å²) in [7, 11) is 0. The Morgan fingerprint density at radius 3 is 2.31 bits per heavy atom. The number of carbonyl (C=O) groups is 1. The van der Waals surface area contributed by atoms with Crippen LogP contribution in [-0.4, -0.2) is 42.1 Å². The molecule has 138 valence electrons. The van der Waals surface area contributed by atoms with Gasteiger partial charge in [-0.3, -0.25) is 4.90 Å². The van der Waals surface area contributed by atoms with Crippen molar-refractivity contribution < 1.29 is 9.53 Å². The average Bonchev–Trinajstić information content (AvgIpc) is 2.69. The molecule has 1 amide bonds. The Balaban J connectivity index is 1.51. The molecule has 1 aliphatic heterocycles. The predicted molar refractivity (Wildman–Crippen MR) is 107 cm³/mol. The molecule has 2 aromatic carbocycles. The van der Waals surface area contributed by atoms with E-state index in [-0.39, 0.29) is 6.09 Å². The average molecular weight is 417 g/mol. The molecular formula is C21H25BrN2O2. The van der Waals surface area contributed by atoms with Crippen LogP contribution in [0.15, 0.2) is 59.1 Å². The summed E-state index contributed by atoms with van der Waals surface area (Å²) in [4.78, 5) is 16.6. The van der Waals surface area contributed by atoms with E-state index in [0.717, 1.165) is 29.5 Å². The first-order valence-corrected chi connectivity index (χ1v) is 9.92. The maximum absolute atomic E-state index is 12.3. The summed E-state index contributed by atoms with van der Waals surface area (Å²) in [6, 6.07) is 18.7. The monoisotopic (exact) mass is 416 g/mol. The topological polar surface area (TPSA) is 32.8 Å². The van der Waals surface area contributed by atoms with Crippen LogP contribution in [0.25, 0.3) is 0 Å². The number of ether oxygens (including phenoxy) is 1. The van der Waals surface area contributed by atoms with Gasteiger partial charge < -0.3 is 9.64 Å². The van der Waals surface area contributed by atoms with Gasteiger partial charge in [-0.05, 0) is 29.7 Å². The normalized spacial score (nSPS) is 16.3. The van der Waals surface area contributed by atoms with E-state index in [1.54, 1.807) is 0 Å². The molecule has 0 N–H and O–H groups in total. The maximum atomic E-state index is 12.3. The summed E-state index contributed by atoms with van der Waals surface area (Å²) < 4.78 is 6.55. The number of piperazine rings is 1. The number of benzene rings is 2. The Bertz CT molecular complexity index is 698. The van der Waals surface area contributed by atoms with Crippen molar-refractivity contribution in [2.24, 2.45) is 0 Å². The van der Waals surface area contributed by atoms with Crippen LogP contribution >= 0.6 is 15.9 Å². The molecule has 2 aromatic rings. The van der Waals surface area contributed by atoms with Crippen LogP contribution in [0.3, 0.4) is 0 Å². The molecule has 0 saturated carbocycles. The summed E-state index contributed by atoms with van der Waals surface area (Å²) in [6.07, 6.45) is 0.838. The van der Waals surface area contributed by atoms with E-state index in [9.17, 15) is 4.79 Å². The lowest BCUT2D eigenvalue weighted by Crippen LogP contribution is -2.49. The highest BCUT2D eigenvalue weighted by Crippen LogP contribution is 2.26. The standard InChI is InChI=1S/C21H25BrN2O2/c1-2-20(18-8-10-19(22)11-9-18)23-12-14-24(15-13-23)21(25)26-16-17-6-4-3-5-7-17/h3-11,20H,2,12-16H2,1H3. The Morgan fingerprint density at radius 2 is 1.69 bits per heavy atom. The lowest BCUT2D eigenvalue weighted by atomic mass is 10.0. The Morgan fingerprint density at radius 1 is 1.04 bits per heavy atom. The van der Waals surface area contributed by atoms with E-state index < -0.39 is 0 Å². The summed E-state index contributed by atoms with van der Waals surface area (Å²) in [5, 5.41) is 0. The maximum Gasteiger partial charge on any atom is 0.410 e. The molecule has 1 atom stereocenters. The second-order valence-corrected chi connectivity index (χ2v) is 7.45. The Kier molecular flexibility index (Phi) is 6.69. The molecule has 1 saturated heterocycles. The van der Waals surface area contributed by atoms with Crippen LogP contribution in [-0.2, 0) is 11.3 Å². The number of amides is 1. The van der Waals surface area contributed by atoms with Crippen LogP contribution in [0.2, 0.25) is 0 Å². The van der Waals surface area contributed by atoms with Crippen LogP contribution in [0, 0.1) is 0 Å². The lowest BCUT2D eigenvalue weighted by Gasteiger charge is -2.38. The first-order chi connectivity index (χ1) is 12.7. The molecule has 0 radical (unpaired) electrons. The van der Waals surface area contributed by atoms with E-state index in [2.05, 4.69) is 52.0 Å². The smallest absolute Gasteiger partial charge is 0.410 e. The zero-order chi connectivity index (χ0) is 18.4. The molecule has 1 aliphatic rings. The van der Waals surface area contributed by atoms with Crippen molar-refractivity contribution in [3.63, 3.8) is 0 Å². The molecule has 1 heterocycles. The van der Waals surface area contributed by atoms with Crippen LogP contribution in [0.4, 0.5) is 4.79 Å². The molecule has 0 bridgehead atoms. The minimum atomic E-state index is -0.217. The van der Waals surface area contributed by atoms with Crippen LogP contribution in [0.5, 0.6) is 0 Å². The zero-order valence-electron chi connectivity index (χ0n) is 15.1. The van der Waals surface area contributed by atoms with Gasteiger partial charge in [0, 0.05) is 36.7 Å². The molecule has 26 heavy (non-hydrogen) atoms.